The molecule has 0 saturated carbocycles. The van der Waals surface area contributed by atoms with Gasteiger partial charge in [0.1, 0.15) is 6.61 Å². The number of ether oxygens (including phenoxy) is 1. The average Bonchev–Trinajstić information content (AvgIpc) is 3.04. The third-order valence-electron chi connectivity index (χ3n) is 4.32. The van der Waals surface area contributed by atoms with Crippen molar-refractivity contribution in [2.75, 3.05) is 33.1 Å². The summed E-state index contributed by atoms with van der Waals surface area (Å²) in [5.74, 6) is -0.140. The fraction of sp³-hybridized carbons (Fsp3) is 0.389. The van der Waals surface area contributed by atoms with E-state index in [1.54, 1.807) is 37.4 Å². The summed E-state index contributed by atoms with van der Waals surface area (Å²) in [7, 11) is 5.55. The van der Waals surface area contributed by atoms with Crippen molar-refractivity contribution in [3.05, 3.63) is 46.6 Å². The van der Waals surface area contributed by atoms with Crippen LogP contribution in [0.3, 0.4) is 0 Å². The highest BCUT2D eigenvalue weighted by Gasteiger charge is 2.40. The zero-order valence-electron chi connectivity index (χ0n) is 15.4. The van der Waals surface area contributed by atoms with Gasteiger partial charge in [0.05, 0.1) is 11.7 Å². The molecular weight excluding hydrogens is 370 g/mol. The van der Waals surface area contributed by atoms with Crippen molar-refractivity contribution < 1.29 is 14.3 Å². The molecule has 8 nitrogen and oxygen atoms in total. The molecule has 3 rings (SSSR count). The Hall–Kier alpha value is -2.42. The van der Waals surface area contributed by atoms with Gasteiger partial charge < -0.3 is 19.9 Å². The molecule has 2 N–H and O–H groups in total. The number of hydrogen-bond acceptors (Lipinski definition) is 5. The maximum atomic E-state index is 12.8. The van der Waals surface area contributed by atoms with Crippen molar-refractivity contribution in [3.63, 3.8) is 0 Å². The Bertz CT molecular complexity index is 821. The highest BCUT2D eigenvalue weighted by Crippen LogP contribution is 2.30. The van der Waals surface area contributed by atoms with Gasteiger partial charge in [0, 0.05) is 24.7 Å². The van der Waals surface area contributed by atoms with E-state index in [1.165, 1.54) is 4.90 Å². The predicted octanol–water partition coefficient (Wildman–Crippen LogP) is 1.66. The summed E-state index contributed by atoms with van der Waals surface area (Å²) in [6, 6.07) is 8.24. The van der Waals surface area contributed by atoms with Crippen LogP contribution in [0.25, 0.3) is 0 Å². The Morgan fingerprint density at radius 3 is 2.78 bits per heavy atom. The zero-order valence-corrected chi connectivity index (χ0v) is 16.2. The standard InChI is InChI=1S/C18H22ClN5O3/c1-23(2)9-13-8-14(22-21-13)20-18(26)17-16(24(3)15(25)10-27-17)11-4-6-12(19)7-5-11/h4-8,16-17H,9-10H2,1-3H3,(H2,20,21,22,26)/t16-,17+/m1/s1. The third-order valence-corrected chi connectivity index (χ3v) is 4.57. The average molecular weight is 392 g/mol. The molecule has 0 unspecified atom stereocenters. The summed E-state index contributed by atoms with van der Waals surface area (Å²) in [6.07, 6.45) is -0.858. The van der Waals surface area contributed by atoms with Crippen LogP contribution >= 0.6 is 11.6 Å². The Morgan fingerprint density at radius 1 is 1.41 bits per heavy atom. The zero-order chi connectivity index (χ0) is 19.6. The lowest BCUT2D eigenvalue weighted by molar-refractivity contribution is -0.160. The number of anilines is 1. The van der Waals surface area contributed by atoms with Crippen LogP contribution in [0.15, 0.2) is 30.3 Å². The molecule has 0 bridgehead atoms. The molecular formula is C18H22ClN5O3. The summed E-state index contributed by atoms with van der Waals surface area (Å²) >= 11 is 5.95. The first-order valence-electron chi connectivity index (χ1n) is 8.48. The molecule has 9 heteroatoms. The number of carbonyl (C=O) groups is 2. The van der Waals surface area contributed by atoms with E-state index in [2.05, 4.69) is 15.5 Å². The molecule has 1 aliphatic heterocycles. The number of morpholine rings is 1. The minimum atomic E-state index is -0.858. The summed E-state index contributed by atoms with van der Waals surface area (Å²) in [4.78, 5) is 28.4. The normalized spacial score (nSPS) is 20.2. The predicted molar refractivity (Wildman–Crippen MR) is 101 cm³/mol. The quantitative estimate of drug-likeness (QED) is 0.809. The van der Waals surface area contributed by atoms with Gasteiger partial charge in [-0.1, -0.05) is 23.7 Å². The summed E-state index contributed by atoms with van der Waals surface area (Å²) < 4.78 is 5.58. The van der Waals surface area contributed by atoms with Crippen LogP contribution < -0.4 is 5.32 Å². The Balaban J connectivity index is 1.79. The van der Waals surface area contributed by atoms with Gasteiger partial charge in [0.15, 0.2) is 11.9 Å². The van der Waals surface area contributed by atoms with Crippen LogP contribution in [0, 0.1) is 0 Å². The van der Waals surface area contributed by atoms with Gasteiger partial charge in [-0.15, -0.1) is 0 Å². The number of nitrogens with zero attached hydrogens (tertiary/aromatic N) is 3. The van der Waals surface area contributed by atoms with Gasteiger partial charge in [-0.05, 0) is 31.8 Å². The molecule has 1 saturated heterocycles. The molecule has 0 spiro atoms. The van der Waals surface area contributed by atoms with E-state index in [-0.39, 0.29) is 18.4 Å². The van der Waals surface area contributed by atoms with Crippen LogP contribution in [0.5, 0.6) is 0 Å². The number of carbonyl (C=O) groups excluding carboxylic acids is 2. The smallest absolute Gasteiger partial charge is 0.257 e. The number of H-pyrrole nitrogens is 1. The molecule has 0 radical (unpaired) electrons. The van der Waals surface area contributed by atoms with Crippen LogP contribution in [-0.2, 0) is 20.9 Å². The van der Waals surface area contributed by atoms with Gasteiger partial charge in [0.25, 0.3) is 5.91 Å². The second-order valence-electron chi connectivity index (χ2n) is 6.74. The number of amides is 2. The molecule has 2 atom stereocenters. The molecule has 0 aliphatic carbocycles. The van der Waals surface area contributed by atoms with Crippen molar-refractivity contribution >= 4 is 29.2 Å². The van der Waals surface area contributed by atoms with E-state index < -0.39 is 12.1 Å². The monoisotopic (exact) mass is 391 g/mol. The topological polar surface area (TPSA) is 90.6 Å². The van der Waals surface area contributed by atoms with Crippen molar-refractivity contribution in [2.24, 2.45) is 0 Å². The number of aromatic nitrogens is 2. The van der Waals surface area contributed by atoms with Crippen LogP contribution in [0.4, 0.5) is 5.82 Å². The number of rotatable bonds is 5. The van der Waals surface area contributed by atoms with E-state index >= 15 is 0 Å². The van der Waals surface area contributed by atoms with E-state index in [9.17, 15) is 9.59 Å². The molecule has 27 heavy (non-hydrogen) atoms. The molecule has 1 aromatic carbocycles. The van der Waals surface area contributed by atoms with Gasteiger partial charge in [-0.25, -0.2) is 0 Å². The largest absolute Gasteiger partial charge is 0.356 e. The molecule has 144 valence electrons. The fourth-order valence-electron chi connectivity index (χ4n) is 3.03. The second-order valence-corrected chi connectivity index (χ2v) is 7.17. The van der Waals surface area contributed by atoms with Gasteiger partial charge in [0.2, 0.25) is 5.91 Å². The highest BCUT2D eigenvalue weighted by molar-refractivity contribution is 6.30. The number of halogens is 1. The van der Waals surface area contributed by atoms with Crippen molar-refractivity contribution in [1.29, 1.82) is 0 Å². The van der Waals surface area contributed by atoms with Crippen LogP contribution in [-0.4, -0.2) is 65.7 Å². The van der Waals surface area contributed by atoms with Crippen molar-refractivity contribution in [1.82, 2.24) is 20.0 Å². The molecule has 1 aliphatic rings. The molecule has 2 amide bonds. The van der Waals surface area contributed by atoms with Crippen molar-refractivity contribution in [2.45, 2.75) is 18.7 Å². The Labute approximate surface area is 162 Å². The van der Waals surface area contributed by atoms with Crippen LogP contribution in [0.2, 0.25) is 5.02 Å². The van der Waals surface area contributed by atoms with E-state index in [1.807, 2.05) is 19.0 Å². The summed E-state index contributed by atoms with van der Waals surface area (Å²) in [5, 5.41) is 10.3. The summed E-state index contributed by atoms with van der Waals surface area (Å²) in [6.45, 7) is 0.526. The van der Waals surface area contributed by atoms with E-state index in [4.69, 9.17) is 16.3 Å². The van der Waals surface area contributed by atoms with Gasteiger partial charge in [-0.2, -0.15) is 5.10 Å². The van der Waals surface area contributed by atoms with Crippen molar-refractivity contribution in [3.8, 4) is 0 Å². The second kappa shape index (κ2) is 8.08. The molecule has 2 aromatic rings. The van der Waals surface area contributed by atoms with Gasteiger partial charge in [-0.3, -0.25) is 14.7 Å². The maximum absolute atomic E-state index is 12.8. The number of nitrogens with one attached hydrogen (secondary N) is 2. The number of hydrogen-bond donors (Lipinski definition) is 2. The molecule has 1 fully saturated rings. The lowest BCUT2D eigenvalue weighted by atomic mass is 9.97. The third kappa shape index (κ3) is 4.47. The first kappa shape index (κ1) is 19.3. The number of benzene rings is 1. The Kier molecular flexibility index (Phi) is 5.79. The van der Waals surface area contributed by atoms with Crippen LogP contribution in [0.1, 0.15) is 17.3 Å². The molecule has 1 aromatic heterocycles. The minimum Gasteiger partial charge on any atom is -0.356 e. The lowest BCUT2D eigenvalue weighted by Crippen LogP contribution is -2.51. The number of aromatic amines is 1. The maximum Gasteiger partial charge on any atom is 0.257 e. The Morgan fingerprint density at radius 2 is 2.11 bits per heavy atom. The number of likely N-dealkylation sites (N-methyl/N-ethyl adjacent to an activating group) is 1. The SMILES string of the molecule is CN(C)Cc1cc(NC(=O)[C@H]2OCC(=O)N(C)[C@@H]2c2ccc(Cl)cc2)n[nH]1. The molecule has 2 heterocycles. The minimum absolute atomic E-state index is 0.148. The highest BCUT2D eigenvalue weighted by atomic mass is 35.5. The van der Waals surface area contributed by atoms with E-state index in [0.717, 1.165) is 11.3 Å². The lowest BCUT2D eigenvalue weighted by Gasteiger charge is -2.38. The summed E-state index contributed by atoms with van der Waals surface area (Å²) in [5.41, 5.74) is 1.65. The van der Waals surface area contributed by atoms with E-state index in [0.29, 0.717) is 17.4 Å². The fourth-order valence-corrected chi connectivity index (χ4v) is 3.16. The van der Waals surface area contributed by atoms with Gasteiger partial charge >= 0.3 is 0 Å². The first-order valence-corrected chi connectivity index (χ1v) is 8.85. The first-order chi connectivity index (χ1) is 12.8.